The van der Waals surface area contributed by atoms with Gasteiger partial charge in [0.15, 0.2) is 5.13 Å². The molecule has 0 aliphatic carbocycles. The Balaban J connectivity index is 1.59. The van der Waals surface area contributed by atoms with Gasteiger partial charge in [0.1, 0.15) is 0 Å². The summed E-state index contributed by atoms with van der Waals surface area (Å²) in [4.78, 5) is 25.2. The number of amides is 1. The maximum Gasteiger partial charge on any atom is 0.233 e. The molecule has 0 spiro atoms. The highest BCUT2D eigenvalue weighted by atomic mass is 35.5. The minimum absolute atomic E-state index is 0.0374. The van der Waals surface area contributed by atoms with Crippen molar-refractivity contribution in [3.63, 3.8) is 0 Å². The first-order valence-electron chi connectivity index (χ1n) is 10.00. The molecule has 0 unspecified atom stereocenters. The minimum Gasteiger partial charge on any atom is -0.337 e. The van der Waals surface area contributed by atoms with Crippen LogP contribution in [0, 0.1) is 6.92 Å². The molecule has 0 radical (unpaired) electrons. The van der Waals surface area contributed by atoms with Crippen LogP contribution in [-0.2, 0) is 17.8 Å². The summed E-state index contributed by atoms with van der Waals surface area (Å²) < 4.78 is 2.94. The van der Waals surface area contributed by atoms with E-state index in [2.05, 4.69) is 17.1 Å². The molecular formula is C23H23ClN4OS2. The van der Waals surface area contributed by atoms with Crippen LogP contribution in [0.3, 0.4) is 0 Å². The number of nitrogens with zero attached hydrogens (tertiary/aromatic N) is 4. The van der Waals surface area contributed by atoms with Crippen LogP contribution in [0.5, 0.6) is 0 Å². The number of thioether (sulfide) groups is 1. The van der Waals surface area contributed by atoms with E-state index in [9.17, 15) is 4.79 Å². The third-order valence-electron chi connectivity index (χ3n) is 5.09. The van der Waals surface area contributed by atoms with Crippen molar-refractivity contribution in [1.82, 2.24) is 14.5 Å². The molecule has 31 heavy (non-hydrogen) atoms. The molecule has 8 heteroatoms. The Morgan fingerprint density at radius 2 is 2.03 bits per heavy atom. The number of aryl methyl sites for hydroxylation is 2. The lowest BCUT2D eigenvalue weighted by molar-refractivity contribution is -0.118. The molecule has 0 aliphatic rings. The first-order valence-corrected chi connectivity index (χ1v) is 12.4. The number of carbonyl (C=O) groups is 1. The quantitative estimate of drug-likeness (QED) is 0.303. The number of hydrogen-bond donors (Lipinski definition) is 0. The van der Waals surface area contributed by atoms with E-state index >= 15 is 0 Å². The zero-order chi connectivity index (χ0) is 21.8. The lowest BCUT2D eigenvalue weighted by Crippen LogP contribution is -2.33. The Labute approximate surface area is 195 Å². The first-order chi connectivity index (χ1) is 15.0. The third kappa shape index (κ3) is 5.11. The summed E-state index contributed by atoms with van der Waals surface area (Å²) in [6.45, 7) is 3.38. The van der Waals surface area contributed by atoms with Crippen LogP contribution >= 0.6 is 34.7 Å². The lowest BCUT2D eigenvalue weighted by atomic mass is 10.1. The summed E-state index contributed by atoms with van der Waals surface area (Å²) in [7, 11) is 0. The number of carbonyl (C=O) groups excluding carboxylic acids is 1. The second-order valence-electron chi connectivity index (χ2n) is 7.26. The van der Waals surface area contributed by atoms with E-state index in [1.807, 2.05) is 48.2 Å². The zero-order valence-corrected chi connectivity index (χ0v) is 19.8. The number of hydrogen-bond acceptors (Lipinski definition) is 5. The molecule has 0 saturated heterocycles. The molecule has 4 aromatic rings. The standard InChI is InChI=1S/C23H23ClN4OS2/c1-16-4-9-19(24)22-21(16)26-23(31-22)28(12-3-11-27-13-10-25-15-27)20(29)14-17-5-7-18(30-2)8-6-17/h4-10,13,15H,3,11-12,14H2,1-2H3. The van der Waals surface area contributed by atoms with Crippen molar-refractivity contribution in [2.45, 2.75) is 31.2 Å². The molecule has 0 atom stereocenters. The van der Waals surface area contributed by atoms with Gasteiger partial charge in [0.2, 0.25) is 5.91 Å². The van der Waals surface area contributed by atoms with E-state index < -0.39 is 0 Å². The van der Waals surface area contributed by atoms with Crippen molar-refractivity contribution in [3.05, 3.63) is 71.3 Å². The number of rotatable bonds is 8. The van der Waals surface area contributed by atoms with Gasteiger partial charge in [-0.15, -0.1) is 11.8 Å². The minimum atomic E-state index is 0.0374. The van der Waals surface area contributed by atoms with Gasteiger partial charge in [-0.05, 0) is 48.9 Å². The maximum atomic E-state index is 13.3. The van der Waals surface area contributed by atoms with Crippen LogP contribution in [0.15, 0.2) is 60.0 Å². The molecule has 0 fully saturated rings. The topological polar surface area (TPSA) is 51.0 Å². The van der Waals surface area contributed by atoms with Crippen LogP contribution in [-0.4, -0.2) is 33.2 Å². The van der Waals surface area contributed by atoms with Crippen LogP contribution in [0.1, 0.15) is 17.5 Å². The Bertz CT molecular complexity index is 1130. The van der Waals surface area contributed by atoms with Crippen LogP contribution < -0.4 is 4.90 Å². The summed E-state index contributed by atoms with van der Waals surface area (Å²) in [5.41, 5.74) is 2.92. The first kappa shape index (κ1) is 21.9. The van der Waals surface area contributed by atoms with Crippen molar-refractivity contribution in [3.8, 4) is 0 Å². The molecule has 0 N–H and O–H groups in total. The highest BCUT2D eigenvalue weighted by molar-refractivity contribution is 7.98. The average molecular weight is 471 g/mol. The number of aromatic nitrogens is 3. The molecule has 4 rings (SSSR count). The van der Waals surface area contributed by atoms with Gasteiger partial charge in [-0.25, -0.2) is 9.97 Å². The molecule has 0 aliphatic heterocycles. The van der Waals surface area contributed by atoms with E-state index in [0.717, 1.165) is 34.3 Å². The van der Waals surface area contributed by atoms with Crippen molar-refractivity contribution < 1.29 is 4.79 Å². The summed E-state index contributed by atoms with van der Waals surface area (Å²) >= 11 is 9.58. The van der Waals surface area contributed by atoms with Gasteiger partial charge in [-0.3, -0.25) is 9.69 Å². The van der Waals surface area contributed by atoms with Gasteiger partial charge in [0.25, 0.3) is 0 Å². The van der Waals surface area contributed by atoms with Gasteiger partial charge in [-0.2, -0.15) is 0 Å². The monoisotopic (exact) mass is 470 g/mol. The number of benzene rings is 2. The van der Waals surface area contributed by atoms with E-state index in [1.54, 1.807) is 29.2 Å². The molecule has 2 heterocycles. The van der Waals surface area contributed by atoms with Crippen molar-refractivity contribution in [1.29, 1.82) is 0 Å². The van der Waals surface area contributed by atoms with Crippen molar-refractivity contribution >= 4 is 56.0 Å². The fourth-order valence-electron chi connectivity index (χ4n) is 3.38. The number of fused-ring (bicyclic) bond motifs is 1. The average Bonchev–Trinajstić information content (AvgIpc) is 3.45. The number of halogens is 1. The Hall–Kier alpha value is -2.35. The maximum absolute atomic E-state index is 13.3. The lowest BCUT2D eigenvalue weighted by Gasteiger charge is -2.20. The van der Waals surface area contributed by atoms with Gasteiger partial charge in [0, 0.05) is 30.4 Å². The normalized spacial score (nSPS) is 11.2. The van der Waals surface area contributed by atoms with Crippen molar-refractivity contribution in [2.75, 3.05) is 17.7 Å². The fourth-order valence-corrected chi connectivity index (χ4v) is 5.15. The number of thiazole rings is 1. The SMILES string of the molecule is CSc1ccc(CC(=O)N(CCCn2ccnc2)c2nc3c(C)ccc(Cl)c3s2)cc1. The molecule has 160 valence electrons. The van der Waals surface area contributed by atoms with Crippen LogP contribution in [0.25, 0.3) is 10.2 Å². The molecule has 2 aromatic heterocycles. The van der Waals surface area contributed by atoms with E-state index in [1.165, 1.54) is 16.2 Å². The van der Waals surface area contributed by atoms with Crippen molar-refractivity contribution in [2.24, 2.45) is 0 Å². The Kier molecular flexibility index (Phi) is 6.95. The Morgan fingerprint density at radius 3 is 2.71 bits per heavy atom. The summed E-state index contributed by atoms with van der Waals surface area (Å²) in [6.07, 6.45) is 8.67. The fraction of sp³-hybridized carbons (Fsp3) is 0.261. The Morgan fingerprint density at radius 1 is 1.23 bits per heavy atom. The molecule has 5 nitrogen and oxygen atoms in total. The van der Waals surface area contributed by atoms with Crippen LogP contribution in [0.4, 0.5) is 5.13 Å². The second kappa shape index (κ2) is 9.85. The molecule has 0 saturated carbocycles. The number of imidazole rings is 1. The predicted molar refractivity (Wildman–Crippen MR) is 130 cm³/mol. The smallest absolute Gasteiger partial charge is 0.233 e. The van der Waals surface area contributed by atoms with E-state index in [4.69, 9.17) is 16.6 Å². The predicted octanol–water partition coefficient (Wildman–Crippen LogP) is 5.84. The zero-order valence-electron chi connectivity index (χ0n) is 17.4. The molecule has 1 amide bonds. The summed E-state index contributed by atoms with van der Waals surface area (Å²) in [6, 6.07) is 12.0. The van der Waals surface area contributed by atoms with Gasteiger partial charge in [-0.1, -0.05) is 41.1 Å². The van der Waals surface area contributed by atoms with Gasteiger partial charge >= 0.3 is 0 Å². The molecule has 2 aromatic carbocycles. The van der Waals surface area contributed by atoms with Gasteiger partial charge < -0.3 is 4.57 Å². The molecular weight excluding hydrogens is 448 g/mol. The highest BCUT2D eigenvalue weighted by Crippen LogP contribution is 2.36. The second-order valence-corrected chi connectivity index (χ2v) is 9.53. The molecule has 0 bridgehead atoms. The summed E-state index contributed by atoms with van der Waals surface area (Å²) in [5.74, 6) is 0.0374. The highest BCUT2D eigenvalue weighted by Gasteiger charge is 2.21. The van der Waals surface area contributed by atoms with E-state index in [0.29, 0.717) is 23.1 Å². The van der Waals surface area contributed by atoms with Crippen LogP contribution in [0.2, 0.25) is 5.02 Å². The largest absolute Gasteiger partial charge is 0.337 e. The third-order valence-corrected chi connectivity index (χ3v) is 7.37. The summed E-state index contributed by atoms with van der Waals surface area (Å²) in [5, 5.41) is 1.37. The van der Waals surface area contributed by atoms with Gasteiger partial charge in [0.05, 0.1) is 28.0 Å². The number of anilines is 1. The van der Waals surface area contributed by atoms with E-state index in [-0.39, 0.29) is 5.91 Å².